The number of amides is 1. The molecule has 2 saturated heterocycles. The largest absolute Gasteiger partial charge is 0.379 e. The van der Waals surface area contributed by atoms with E-state index in [1.54, 1.807) is 0 Å². The minimum absolute atomic E-state index is 0.275. The molecule has 2 aromatic carbocycles. The molecule has 2 fully saturated rings. The maximum absolute atomic E-state index is 13.8. The molecule has 3 aromatic rings. The van der Waals surface area contributed by atoms with Gasteiger partial charge in [0.05, 0.1) is 13.2 Å². The fourth-order valence-electron chi connectivity index (χ4n) is 5.66. The van der Waals surface area contributed by atoms with E-state index in [2.05, 4.69) is 76.3 Å². The van der Waals surface area contributed by atoms with E-state index in [-0.39, 0.29) is 5.41 Å². The van der Waals surface area contributed by atoms with Gasteiger partial charge in [-0.2, -0.15) is 0 Å². The molecule has 0 radical (unpaired) electrons. The van der Waals surface area contributed by atoms with Crippen molar-refractivity contribution < 1.29 is 9.53 Å². The fraction of sp³-hybridized carbons (Fsp3) is 0.467. The van der Waals surface area contributed by atoms with Gasteiger partial charge in [-0.3, -0.25) is 9.78 Å². The van der Waals surface area contributed by atoms with Crippen molar-refractivity contribution >= 4 is 16.7 Å². The molecule has 2 aliphatic heterocycles. The molecule has 0 N–H and O–H groups in total. The van der Waals surface area contributed by atoms with Crippen molar-refractivity contribution in [1.82, 2.24) is 14.8 Å². The van der Waals surface area contributed by atoms with Crippen LogP contribution in [0.2, 0.25) is 0 Å². The summed E-state index contributed by atoms with van der Waals surface area (Å²) in [6, 6.07) is 19.2. The van der Waals surface area contributed by atoms with Gasteiger partial charge in [0, 0.05) is 48.7 Å². The highest BCUT2D eigenvalue weighted by Gasteiger charge is 2.40. The molecule has 3 heterocycles. The minimum Gasteiger partial charge on any atom is -0.379 e. The van der Waals surface area contributed by atoms with Gasteiger partial charge in [0.2, 0.25) is 5.91 Å². The number of hydrogen-bond donors (Lipinski definition) is 0. The van der Waals surface area contributed by atoms with Crippen LogP contribution in [0.15, 0.2) is 67.0 Å². The second-order valence-corrected chi connectivity index (χ2v) is 10.5. The first-order chi connectivity index (χ1) is 17.1. The number of carbonyl (C=O) groups is 1. The Morgan fingerprint density at radius 1 is 1.06 bits per heavy atom. The number of rotatable bonds is 6. The maximum Gasteiger partial charge on any atom is 0.228 e. The van der Waals surface area contributed by atoms with Crippen LogP contribution in [-0.2, 0) is 22.4 Å². The molecule has 5 rings (SSSR count). The normalized spacial score (nSPS) is 21.1. The third kappa shape index (κ3) is 5.74. The summed E-state index contributed by atoms with van der Waals surface area (Å²) in [4.78, 5) is 22.7. The molecular weight excluding hydrogens is 434 g/mol. The summed E-state index contributed by atoms with van der Waals surface area (Å²) in [5, 5.41) is 2.42. The van der Waals surface area contributed by atoms with Gasteiger partial charge < -0.3 is 14.5 Å². The zero-order valence-corrected chi connectivity index (χ0v) is 20.9. The van der Waals surface area contributed by atoms with Gasteiger partial charge >= 0.3 is 0 Å². The number of aromatic nitrogens is 1. The van der Waals surface area contributed by atoms with Crippen LogP contribution in [0, 0.1) is 11.3 Å². The molecule has 0 bridgehead atoms. The van der Waals surface area contributed by atoms with E-state index in [4.69, 9.17) is 4.74 Å². The summed E-state index contributed by atoms with van der Waals surface area (Å²) in [5.74, 6) is 0.618. The van der Waals surface area contributed by atoms with E-state index in [0.717, 1.165) is 51.9 Å². The van der Waals surface area contributed by atoms with Crippen LogP contribution in [0.3, 0.4) is 0 Å². The number of pyridine rings is 1. The molecule has 35 heavy (non-hydrogen) atoms. The van der Waals surface area contributed by atoms with Crippen LogP contribution in [0.25, 0.3) is 10.8 Å². The monoisotopic (exact) mass is 471 g/mol. The number of fused-ring (bicyclic) bond motifs is 1. The number of hydrogen-bond acceptors (Lipinski definition) is 4. The number of piperidine rings is 1. The third-order valence-corrected chi connectivity index (χ3v) is 7.94. The Balaban J connectivity index is 1.19. The Kier molecular flexibility index (Phi) is 7.45. The lowest BCUT2D eigenvalue weighted by Gasteiger charge is -2.41. The molecule has 1 aromatic heterocycles. The van der Waals surface area contributed by atoms with E-state index >= 15 is 0 Å². The molecule has 184 valence electrons. The fourth-order valence-corrected chi connectivity index (χ4v) is 5.66. The molecule has 0 aliphatic carbocycles. The first-order valence-corrected chi connectivity index (χ1v) is 13.1. The highest BCUT2D eigenvalue weighted by Crippen LogP contribution is 2.34. The summed E-state index contributed by atoms with van der Waals surface area (Å²) in [6.07, 6.45) is 7.62. The number of benzene rings is 2. The van der Waals surface area contributed by atoms with Gasteiger partial charge in [-0.05, 0) is 61.4 Å². The highest BCUT2D eigenvalue weighted by atomic mass is 16.5. The molecule has 0 saturated carbocycles. The van der Waals surface area contributed by atoms with Crippen molar-refractivity contribution in [3.63, 3.8) is 0 Å². The van der Waals surface area contributed by atoms with Crippen LogP contribution in [0.5, 0.6) is 0 Å². The summed E-state index contributed by atoms with van der Waals surface area (Å²) in [7, 11) is 0. The van der Waals surface area contributed by atoms with Gasteiger partial charge in [-0.1, -0.05) is 55.5 Å². The van der Waals surface area contributed by atoms with E-state index in [1.807, 2.05) is 12.4 Å². The molecule has 5 heteroatoms. The first kappa shape index (κ1) is 24.0. The number of likely N-dealkylation sites (tertiary alicyclic amines) is 1. The van der Waals surface area contributed by atoms with Crippen molar-refractivity contribution in [2.24, 2.45) is 11.3 Å². The molecule has 5 nitrogen and oxygen atoms in total. The lowest BCUT2D eigenvalue weighted by molar-refractivity contribution is -0.144. The quantitative estimate of drug-likeness (QED) is 0.527. The summed E-state index contributed by atoms with van der Waals surface area (Å²) in [6.45, 7) is 8.03. The molecule has 0 unspecified atom stereocenters. The number of nitrogens with zero attached hydrogens (tertiary/aromatic N) is 3. The highest BCUT2D eigenvalue weighted by molar-refractivity contribution is 5.85. The van der Waals surface area contributed by atoms with Gasteiger partial charge in [-0.15, -0.1) is 0 Å². The first-order valence-electron chi connectivity index (χ1n) is 13.1. The Labute approximate surface area is 209 Å². The molecular formula is C30H37N3O2. The standard InChI is InChI=1S/C30H37N3O2/c1-30(12-16-32(17-13-30)15-11-24-6-3-2-4-7-24)29(34)33-18-19-35-23-25(22-33)20-26-8-5-9-27-21-31-14-10-28(26)27/h2-10,14,21,25H,11-13,15-20,22-23H2,1H3/t25-/m0/s1. The Morgan fingerprint density at radius 3 is 2.71 bits per heavy atom. The summed E-state index contributed by atoms with van der Waals surface area (Å²) < 4.78 is 5.97. The van der Waals surface area contributed by atoms with Gasteiger partial charge in [0.1, 0.15) is 0 Å². The van der Waals surface area contributed by atoms with Gasteiger partial charge in [0.15, 0.2) is 0 Å². The van der Waals surface area contributed by atoms with Crippen LogP contribution in [0.1, 0.15) is 30.9 Å². The minimum atomic E-state index is -0.275. The summed E-state index contributed by atoms with van der Waals surface area (Å²) >= 11 is 0. The van der Waals surface area contributed by atoms with Crippen molar-refractivity contribution in [3.05, 3.63) is 78.1 Å². The lowest BCUT2D eigenvalue weighted by atomic mass is 9.78. The van der Waals surface area contributed by atoms with Crippen LogP contribution < -0.4 is 0 Å². The third-order valence-electron chi connectivity index (χ3n) is 7.94. The van der Waals surface area contributed by atoms with Crippen molar-refractivity contribution in [2.75, 3.05) is 45.9 Å². The Morgan fingerprint density at radius 2 is 1.89 bits per heavy atom. The maximum atomic E-state index is 13.8. The van der Waals surface area contributed by atoms with E-state index in [9.17, 15) is 4.79 Å². The van der Waals surface area contributed by atoms with E-state index in [0.29, 0.717) is 31.6 Å². The Bertz CT molecular complexity index is 1120. The number of ether oxygens (including phenoxy) is 1. The second kappa shape index (κ2) is 10.9. The van der Waals surface area contributed by atoms with Crippen molar-refractivity contribution in [3.8, 4) is 0 Å². The smallest absolute Gasteiger partial charge is 0.228 e. The van der Waals surface area contributed by atoms with Crippen LogP contribution in [0.4, 0.5) is 0 Å². The molecule has 1 atom stereocenters. The van der Waals surface area contributed by atoms with Gasteiger partial charge in [0.25, 0.3) is 0 Å². The van der Waals surface area contributed by atoms with Crippen molar-refractivity contribution in [1.29, 1.82) is 0 Å². The SMILES string of the molecule is CC1(C(=O)N2CCOC[C@@H](Cc3cccc4cnccc34)C2)CCN(CCc2ccccc2)CC1. The topological polar surface area (TPSA) is 45.7 Å². The van der Waals surface area contributed by atoms with E-state index < -0.39 is 0 Å². The summed E-state index contributed by atoms with van der Waals surface area (Å²) in [5.41, 5.74) is 2.42. The predicted octanol–water partition coefficient (Wildman–Crippen LogP) is 4.60. The average molecular weight is 472 g/mol. The second-order valence-electron chi connectivity index (χ2n) is 10.5. The number of carbonyl (C=O) groups excluding carboxylic acids is 1. The van der Waals surface area contributed by atoms with Crippen molar-refractivity contribution in [2.45, 2.75) is 32.6 Å². The zero-order chi connectivity index (χ0) is 24.1. The van der Waals surface area contributed by atoms with E-state index in [1.165, 1.54) is 21.9 Å². The molecule has 2 aliphatic rings. The average Bonchev–Trinajstić information content (AvgIpc) is 3.14. The van der Waals surface area contributed by atoms with Crippen LogP contribution >= 0.6 is 0 Å². The van der Waals surface area contributed by atoms with Crippen LogP contribution in [-0.4, -0.2) is 66.6 Å². The lowest BCUT2D eigenvalue weighted by Crippen LogP contribution is -2.50. The molecule has 1 amide bonds. The Hall–Kier alpha value is -2.76. The molecule has 0 spiro atoms. The predicted molar refractivity (Wildman–Crippen MR) is 140 cm³/mol. The zero-order valence-electron chi connectivity index (χ0n) is 20.9. The van der Waals surface area contributed by atoms with Gasteiger partial charge in [-0.25, -0.2) is 0 Å².